The Balaban J connectivity index is 0.843. The minimum atomic E-state index is -0.454. The van der Waals surface area contributed by atoms with Gasteiger partial charge in [0.15, 0.2) is 0 Å². The van der Waals surface area contributed by atoms with Crippen molar-refractivity contribution in [1.82, 2.24) is 5.32 Å². The molecule has 0 saturated carbocycles. The molecule has 3 aromatic rings. The van der Waals surface area contributed by atoms with Gasteiger partial charge in [0.2, 0.25) is 0 Å². The maximum Gasteiger partial charge on any atom is 0.407 e. The van der Waals surface area contributed by atoms with E-state index in [0.29, 0.717) is 139 Å². The Labute approximate surface area is 337 Å². The lowest BCUT2D eigenvalue weighted by molar-refractivity contribution is -0.0119. The molecule has 0 aromatic heterocycles. The molecule has 0 bridgehead atoms. The molecule has 0 atom stereocenters. The third-order valence-electron chi connectivity index (χ3n) is 8.48. The van der Waals surface area contributed by atoms with Crippen LogP contribution >= 0.6 is 0 Å². The van der Waals surface area contributed by atoms with Gasteiger partial charge >= 0.3 is 6.09 Å². The van der Waals surface area contributed by atoms with Gasteiger partial charge in [-0.25, -0.2) is 4.79 Å². The van der Waals surface area contributed by atoms with E-state index in [1.54, 1.807) is 0 Å². The maximum atomic E-state index is 12.3. The predicted molar refractivity (Wildman–Crippen MR) is 214 cm³/mol. The summed E-state index contributed by atoms with van der Waals surface area (Å²) in [6.07, 6.45) is -0.454. The third kappa shape index (κ3) is 19.4. The first-order valence-corrected chi connectivity index (χ1v) is 19.9. The molecule has 0 aliphatic heterocycles. The van der Waals surface area contributed by atoms with Crippen LogP contribution in [0.1, 0.15) is 24.0 Å². The molecule has 1 N–H and O–H groups in total. The zero-order chi connectivity index (χ0) is 39.9. The van der Waals surface area contributed by atoms with Gasteiger partial charge in [0, 0.05) is 19.1 Å². The standard InChI is InChI=1S/C43H61NO13/c1-2-46-17-18-48-21-22-50-25-26-52-28-30-54-32-34-56-37-13-11-36(12-14-37)55-33-31-53-29-27-51-24-23-49-20-19-47-16-15-44-43(45)57-35-42-40-9-5-3-7-38(40)39-8-4-6-10-41(39)42/h3-14,42H,2,15-35H2,1H3,(H,44,45). The number of nitrogens with one attached hydrogen (secondary N) is 1. The second kappa shape index (κ2) is 30.3. The van der Waals surface area contributed by atoms with Gasteiger partial charge in [-0.2, -0.15) is 0 Å². The Morgan fingerprint density at radius 1 is 0.456 bits per heavy atom. The fourth-order valence-corrected chi connectivity index (χ4v) is 5.73. The van der Waals surface area contributed by atoms with E-state index in [1.807, 2.05) is 55.5 Å². The molecule has 57 heavy (non-hydrogen) atoms. The Bertz CT molecular complexity index is 1420. The number of rotatable bonds is 35. The largest absolute Gasteiger partial charge is 0.491 e. The van der Waals surface area contributed by atoms with E-state index in [9.17, 15) is 4.79 Å². The molecular formula is C43H61NO13. The molecular weight excluding hydrogens is 738 g/mol. The van der Waals surface area contributed by atoms with E-state index in [4.69, 9.17) is 56.8 Å². The maximum absolute atomic E-state index is 12.3. The second-order valence-electron chi connectivity index (χ2n) is 12.5. The number of carbonyl (C=O) groups excluding carboxylic acids is 1. The van der Waals surface area contributed by atoms with Gasteiger partial charge in [-0.15, -0.1) is 0 Å². The summed E-state index contributed by atoms with van der Waals surface area (Å²) in [5.74, 6) is 1.51. The molecule has 0 spiro atoms. The monoisotopic (exact) mass is 799 g/mol. The van der Waals surface area contributed by atoms with E-state index in [2.05, 4.69) is 29.6 Å². The minimum absolute atomic E-state index is 0.0338. The summed E-state index contributed by atoms with van der Waals surface area (Å²) in [6.45, 7) is 12.5. The zero-order valence-corrected chi connectivity index (χ0v) is 33.4. The number of benzene rings is 3. The highest BCUT2D eigenvalue weighted by Crippen LogP contribution is 2.44. The second-order valence-corrected chi connectivity index (χ2v) is 12.5. The average Bonchev–Trinajstić information content (AvgIpc) is 3.56. The van der Waals surface area contributed by atoms with Crippen LogP contribution in [0.15, 0.2) is 72.8 Å². The van der Waals surface area contributed by atoms with Crippen molar-refractivity contribution in [3.05, 3.63) is 83.9 Å². The van der Waals surface area contributed by atoms with Gasteiger partial charge in [-0.3, -0.25) is 0 Å². The Hall–Kier alpha value is -3.83. The summed E-state index contributed by atoms with van der Waals surface area (Å²) in [6, 6.07) is 24.0. The average molecular weight is 800 g/mol. The first kappa shape index (κ1) is 45.9. The number of hydrogen-bond acceptors (Lipinski definition) is 13. The van der Waals surface area contributed by atoms with Crippen molar-refractivity contribution in [2.24, 2.45) is 0 Å². The van der Waals surface area contributed by atoms with E-state index in [1.165, 1.54) is 22.3 Å². The van der Waals surface area contributed by atoms with Crippen LogP contribution in [-0.2, 0) is 47.4 Å². The van der Waals surface area contributed by atoms with E-state index >= 15 is 0 Å². The lowest BCUT2D eigenvalue weighted by Gasteiger charge is -2.14. The minimum Gasteiger partial charge on any atom is -0.491 e. The SMILES string of the molecule is CCOCCOCCOCCOCCOCCOc1ccc(OCCOCCOCCOCCOCCNC(=O)OCC2c3ccccc3-c3ccccc32)cc1. The molecule has 0 heterocycles. The van der Waals surface area contributed by atoms with E-state index in [0.717, 1.165) is 11.5 Å². The third-order valence-corrected chi connectivity index (χ3v) is 8.48. The van der Waals surface area contributed by atoms with Gasteiger partial charge in [0.25, 0.3) is 0 Å². The molecule has 0 fully saturated rings. The Morgan fingerprint density at radius 3 is 1.21 bits per heavy atom. The van der Waals surface area contributed by atoms with Gasteiger partial charge in [-0.05, 0) is 53.4 Å². The summed E-state index contributed by atoms with van der Waals surface area (Å²) in [5, 5.41) is 2.75. The van der Waals surface area contributed by atoms with Crippen molar-refractivity contribution in [1.29, 1.82) is 0 Å². The lowest BCUT2D eigenvalue weighted by Crippen LogP contribution is -2.29. The first-order chi connectivity index (χ1) is 28.3. The highest BCUT2D eigenvalue weighted by molar-refractivity contribution is 5.79. The van der Waals surface area contributed by atoms with Crippen LogP contribution in [0.3, 0.4) is 0 Å². The van der Waals surface area contributed by atoms with Crippen molar-refractivity contribution in [3.8, 4) is 22.6 Å². The molecule has 1 aliphatic carbocycles. The van der Waals surface area contributed by atoms with E-state index in [-0.39, 0.29) is 12.5 Å². The lowest BCUT2D eigenvalue weighted by atomic mass is 9.98. The van der Waals surface area contributed by atoms with Crippen LogP contribution in [0.25, 0.3) is 11.1 Å². The number of ether oxygens (including phenoxy) is 12. The van der Waals surface area contributed by atoms with Crippen molar-refractivity contribution < 1.29 is 61.6 Å². The van der Waals surface area contributed by atoms with Crippen molar-refractivity contribution in [2.45, 2.75) is 12.8 Å². The van der Waals surface area contributed by atoms with Crippen LogP contribution in [0.2, 0.25) is 0 Å². The molecule has 1 amide bonds. The van der Waals surface area contributed by atoms with Gasteiger partial charge < -0.3 is 62.2 Å². The van der Waals surface area contributed by atoms with Crippen LogP contribution in [-0.4, -0.2) is 151 Å². The Kier molecular flexibility index (Phi) is 24.4. The summed E-state index contributed by atoms with van der Waals surface area (Å²) in [7, 11) is 0. The molecule has 3 aromatic carbocycles. The summed E-state index contributed by atoms with van der Waals surface area (Å²) < 4.78 is 66.2. The molecule has 14 nitrogen and oxygen atoms in total. The molecule has 1 aliphatic rings. The van der Waals surface area contributed by atoms with Crippen LogP contribution in [0, 0.1) is 0 Å². The number of fused-ring (bicyclic) bond motifs is 3. The van der Waals surface area contributed by atoms with Gasteiger partial charge in [-0.1, -0.05) is 48.5 Å². The van der Waals surface area contributed by atoms with Crippen molar-refractivity contribution >= 4 is 6.09 Å². The van der Waals surface area contributed by atoms with Crippen LogP contribution in [0.5, 0.6) is 11.5 Å². The predicted octanol–water partition coefficient (Wildman–Crippen LogP) is 5.15. The topological polar surface area (TPSA) is 140 Å². The number of hydrogen-bond donors (Lipinski definition) is 1. The molecule has 14 heteroatoms. The fourth-order valence-electron chi connectivity index (χ4n) is 5.73. The molecule has 4 rings (SSSR count). The molecule has 0 unspecified atom stereocenters. The first-order valence-electron chi connectivity index (χ1n) is 19.9. The molecule has 0 radical (unpaired) electrons. The summed E-state index contributed by atoms with van der Waals surface area (Å²) in [5.41, 5.74) is 4.77. The van der Waals surface area contributed by atoms with Crippen molar-refractivity contribution in [2.75, 3.05) is 145 Å². The quantitative estimate of drug-likeness (QED) is 0.0786. The van der Waals surface area contributed by atoms with Crippen LogP contribution in [0.4, 0.5) is 4.79 Å². The van der Waals surface area contributed by atoms with Gasteiger partial charge in [0.1, 0.15) is 31.3 Å². The Morgan fingerprint density at radius 2 is 0.807 bits per heavy atom. The van der Waals surface area contributed by atoms with Gasteiger partial charge in [0.05, 0.1) is 112 Å². The number of alkyl carbamates (subject to hydrolysis) is 1. The number of amides is 1. The molecule has 0 saturated heterocycles. The molecule has 316 valence electrons. The highest BCUT2D eigenvalue weighted by Gasteiger charge is 2.28. The highest BCUT2D eigenvalue weighted by atomic mass is 16.6. The summed E-state index contributed by atoms with van der Waals surface area (Å²) in [4.78, 5) is 12.3. The smallest absolute Gasteiger partial charge is 0.407 e. The fraction of sp³-hybridized carbons (Fsp3) is 0.558. The number of carbonyl (C=O) groups is 1. The van der Waals surface area contributed by atoms with Crippen LogP contribution < -0.4 is 14.8 Å². The zero-order valence-electron chi connectivity index (χ0n) is 33.4. The van der Waals surface area contributed by atoms with E-state index < -0.39 is 6.09 Å². The summed E-state index contributed by atoms with van der Waals surface area (Å²) >= 11 is 0. The van der Waals surface area contributed by atoms with Crippen molar-refractivity contribution in [3.63, 3.8) is 0 Å². The normalized spacial score (nSPS) is 12.0.